The Labute approximate surface area is 159 Å². The van der Waals surface area contributed by atoms with Crippen LogP contribution in [0.5, 0.6) is 0 Å². The molecule has 0 bridgehead atoms. The molecule has 0 aromatic rings. The van der Waals surface area contributed by atoms with Gasteiger partial charge in [-0.1, -0.05) is 13.3 Å². The van der Waals surface area contributed by atoms with E-state index in [4.69, 9.17) is 0 Å². The molecule has 2 N–H and O–H groups in total. The number of hydrogen-bond acceptors (Lipinski definition) is 4. The molecule has 2 saturated heterocycles. The molecule has 1 aliphatic carbocycles. The highest BCUT2D eigenvalue weighted by atomic mass is 16.4. The molecule has 3 aliphatic rings. The van der Waals surface area contributed by atoms with E-state index in [1.807, 2.05) is 6.92 Å². The Morgan fingerprint density at radius 3 is 2.44 bits per heavy atom. The van der Waals surface area contributed by atoms with Gasteiger partial charge in [0.1, 0.15) is 12.1 Å². The van der Waals surface area contributed by atoms with Crippen LogP contribution in [-0.2, 0) is 14.4 Å². The zero-order valence-electron chi connectivity index (χ0n) is 16.1. The monoisotopic (exact) mass is 379 g/mol. The lowest BCUT2D eigenvalue weighted by molar-refractivity contribution is -0.148. The molecular weight excluding hydrogens is 350 g/mol. The highest BCUT2D eigenvalue weighted by Crippen LogP contribution is 2.37. The summed E-state index contributed by atoms with van der Waals surface area (Å²) in [6, 6.07) is -0.606. The van der Waals surface area contributed by atoms with Crippen molar-refractivity contribution >= 4 is 23.8 Å². The number of carbonyl (C=O) groups is 4. The molecule has 3 rings (SSSR count). The minimum atomic E-state index is -0.915. The van der Waals surface area contributed by atoms with Gasteiger partial charge in [-0.3, -0.25) is 19.3 Å². The van der Waals surface area contributed by atoms with Gasteiger partial charge < -0.3 is 15.3 Å². The quantitative estimate of drug-likeness (QED) is 0.722. The average Bonchev–Trinajstić information content (AvgIpc) is 2.86. The van der Waals surface area contributed by atoms with Crippen LogP contribution in [0.2, 0.25) is 0 Å². The number of carboxylic acid groups (broad SMARTS) is 1. The molecule has 1 spiro atoms. The fraction of sp³-hybridized carbons (Fsp3) is 0.789. The van der Waals surface area contributed by atoms with E-state index in [9.17, 15) is 24.3 Å². The van der Waals surface area contributed by atoms with Gasteiger partial charge in [0.25, 0.3) is 5.91 Å². The molecule has 2 heterocycles. The third kappa shape index (κ3) is 3.66. The van der Waals surface area contributed by atoms with Crippen molar-refractivity contribution < 1.29 is 24.3 Å². The molecule has 2 unspecified atom stereocenters. The van der Waals surface area contributed by atoms with Crippen LogP contribution in [0.25, 0.3) is 0 Å². The summed E-state index contributed by atoms with van der Waals surface area (Å²) in [5, 5.41) is 12.1. The van der Waals surface area contributed by atoms with Gasteiger partial charge in [0.05, 0.1) is 5.92 Å². The molecular formula is C19H29N3O5. The van der Waals surface area contributed by atoms with Crippen LogP contribution in [0.4, 0.5) is 4.79 Å². The molecule has 27 heavy (non-hydrogen) atoms. The fourth-order valence-corrected chi connectivity index (χ4v) is 4.62. The number of aliphatic carboxylic acids is 1. The van der Waals surface area contributed by atoms with Crippen LogP contribution in [-0.4, -0.2) is 63.4 Å². The maximum atomic E-state index is 12.9. The second kappa shape index (κ2) is 7.48. The molecule has 150 valence electrons. The molecule has 8 nitrogen and oxygen atoms in total. The summed E-state index contributed by atoms with van der Waals surface area (Å²) in [7, 11) is 0. The van der Waals surface area contributed by atoms with Crippen LogP contribution < -0.4 is 5.32 Å². The van der Waals surface area contributed by atoms with E-state index in [0.717, 1.165) is 24.2 Å². The van der Waals surface area contributed by atoms with E-state index in [1.165, 1.54) is 4.90 Å². The van der Waals surface area contributed by atoms with E-state index >= 15 is 0 Å². The first-order valence-corrected chi connectivity index (χ1v) is 9.93. The van der Waals surface area contributed by atoms with Gasteiger partial charge in [0.15, 0.2) is 0 Å². The number of nitrogens with zero attached hydrogens (tertiary/aromatic N) is 2. The van der Waals surface area contributed by atoms with Gasteiger partial charge in [-0.05, 0) is 51.4 Å². The topological polar surface area (TPSA) is 107 Å². The molecule has 0 aromatic carbocycles. The van der Waals surface area contributed by atoms with Gasteiger partial charge in [-0.2, -0.15) is 0 Å². The summed E-state index contributed by atoms with van der Waals surface area (Å²) in [5.74, 6) is -1.60. The SMILES string of the molecule is CCC1CCC2(CC1)NC(=O)N(CC(=O)N1CC(C(=O)O)CCC1C)C2=O. The number of hydrogen-bond donors (Lipinski definition) is 2. The molecule has 8 heteroatoms. The second-order valence-electron chi connectivity index (χ2n) is 8.26. The summed E-state index contributed by atoms with van der Waals surface area (Å²) >= 11 is 0. The zero-order valence-corrected chi connectivity index (χ0v) is 16.1. The largest absolute Gasteiger partial charge is 0.481 e. The van der Waals surface area contributed by atoms with Gasteiger partial charge in [0.2, 0.25) is 5.91 Å². The number of amides is 4. The molecule has 0 radical (unpaired) electrons. The first-order chi connectivity index (χ1) is 12.8. The van der Waals surface area contributed by atoms with Crippen molar-refractivity contribution in [3.05, 3.63) is 0 Å². The van der Waals surface area contributed by atoms with E-state index in [0.29, 0.717) is 31.6 Å². The van der Waals surface area contributed by atoms with E-state index in [-0.39, 0.29) is 30.9 Å². The summed E-state index contributed by atoms with van der Waals surface area (Å²) in [6.07, 6.45) is 5.22. The second-order valence-corrected chi connectivity index (χ2v) is 8.26. The molecule has 2 atom stereocenters. The Morgan fingerprint density at radius 2 is 1.85 bits per heavy atom. The van der Waals surface area contributed by atoms with E-state index < -0.39 is 23.5 Å². The lowest BCUT2D eigenvalue weighted by atomic mass is 9.75. The predicted octanol–water partition coefficient (Wildman–Crippen LogP) is 1.59. The number of piperidine rings is 1. The first kappa shape index (κ1) is 19.6. The Balaban J connectivity index is 1.66. The minimum absolute atomic E-state index is 0.0946. The fourth-order valence-electron chi connectivity index (χ4n) is 4.62. The summed E-state index contributed by atoms with van der Waals surface area (Å²) in [4.78, 5) is 51.9. The minimum Gasteiger partial charge on any atom is -0.481 e. The average molecular weight is 379 g/mol. The van der Waals surface area contributed by atoms with Gasteiger partial charge in [-0.25, -0.2) is 4.79 Å². The van der Waals surface area contributed by atoms with Crippen molar-refractivity contribution in [2.24, 2.45) is 11.8 Å². The molecule has 1 saturated carbocycles. The molecule has 2 aliphatic heterocycles. The number of likely N-dealkylation sites (tertiary alicyclic amines) is 1. The number of carbonyl (C=O) groups excluding carboxylic acids is 3. The highest BCUT2D eigenvalue weighted by molar-refractivity contribution is 6.09. The lowest BCUT2D eigenvalue weighted by Gasteiger charge is -2.37. The number of imide groups is 1. The normalized spacial score (nSPS) is 34.1. The maximum absolute atomic E-state index is 12.9. The van der Waals surface area contributed by atoms with E-state index in [2.05, 4.69) is 12.2 Å². The van der Waals surface area contributed by atoms with Crippen molar-refractivity contribution in [1.29, 1.82) is 0 Å². The predicted molar refractivity (Wildman–Crippen MR) is 96.8 cm³/mol. The van der Waals surface area contributed by atoms with Crippen molar-refractivity contribution in [3.8, 4) is 0 Å². The molecule has 4 amide bonds. The molecule has 0 aromatic heterocycles. The van der Waals surface area contributed by atoms with Crippen LogP contribution in [0.15, 0.2) is 0 Å². The van der Waals surface area contributed by atoms with Crippen LogP contribution in [0, 0.1) is 11.8 Å². The molecule has 3 fully saturated rings. The van der Waals surface area contributed by atoms with Crippen LogP contribution >= 0.6 is 0 Å². The third-order valence-corrected chi connectivity index (χ3v) is 6.63. The number of nitrogens with one attached hydrogen (secondary N) is 1. The van der Waals surface area contributed by atoms with Gasteiger partial charge in [0, 0.05) is 12.6 Å². The number of rotatable bonds is 4. The summed E-state index contributed by atoms with van der Waals surface area (Å²) < 4.78 is 0. The van der Waals surface area contributed by atoms with Crippen molar-refractivity contribution in [2.75, 3.05) is 13.1 Å². The van der Waals surface area contributed by atoms with Gasteiger partial charge >= 0.3 is 12.0 Å². The maximum Gasteiger partial charge on any atom is 0.325 e. The standard InChI is InChI=1S/C19H29N3O5/c1-3-13-6-8-19(9-7-13)17(26)22(18(27)20-19)11-15(23)21-10-14(16(24)25)5-4-12(21)2/h12-14H,3-11H2,1-2H3,(H,20,27)(H,24,25). The number of urea groups is 1. The summed E-state index contributed by atoms with van der Waals surface area (Å²) in [6.45, 7) is 3.81. The van der Waals surface area contributed by atoms with Crippen LogP contribution in [0.3, 0.4) is 0 Å². The Bertz CT molecular complexity index is 641. The Morgan fingerprint density at radius 1 is 1.19 bits per heavy atom. The lowest BCUT2D eigenvalue weighted by Crippen LogP contribution is -2.52. The summed E-state index contributed by atoms with van der Waals surface area (Å²) in [5.41, 5.74) is -0.861. The highest BCUT2D eigenvalue weighted by Gasteiger charge is 2.53. The van der Waals surface area contributed by atoms with E-state index in [1.54, 1.807) is 0 Å². The van der Waals surface area contributed by atoms with Crippen molar-refractivity contribution in [1.82, 2.24) is 15.1 Å². The van der Waals surface area contributed by atoms with Crippen LogP contribution in [0.1, 0.15) is 58.8 Å². The Hall–Kier alpha value is -2.12. The smallest absolute Gasteiger partial charge is 0.325 e. The zero-order chi connectivity index (χ0) is 19.8. The van der Waals surface area contributed by atoms with Gasteiger partial charge in [-0.15, -0.1) is 0 Å². The Kier molecular flexibility index (Phi) is 5.44. The third-order valence-electron chi connectivity index (χ3n) is 6.63. The number of carboxylic acids is 1. The van der Waals surface area contributed by atoms with Crippen molar-refractivity contribution in [2.45, 2.75) is 70.4 Å². The van der Waals surface area contributed by atoms with Crippen molar-refractivity contribution in [3.63, 3.8) is 0 Å². The first-order valence-electron chi connectivity index (χ1n) is 9.93.